The molecule has 0 aliphatic rings. The molecule has 0 saturated carbocycles. The first-order chi connectivity index (χ1) is 23.5. The quantitative estimate of drug-likeness (QED) is 0.0638. The number of hydrogen-bond acceptors (Lipinski definition) is 7. The van der Waals surface area contributed by atoms with Crippen molar-refractivity contribution in [3.63, 3.8) is 0 Å². The van der Waals surface area contributed by atoms with Gasteiger partial charge < -0.3 is 24.8 Å². The topological polar surface area (TPSA) is 107 Å². The lowest BCUT2D eigenvalue weighted by molar-refractivity contribution is -0.411. The molecular weight excluding hydrogens is 600 g/mol. The van der Waals surface area contributed by atoms with Crippen molar-refractivity contribution >= 4 is 12.4 Å². The summed E-state index contributed by atoms with van der Waals surface area (Å²) >= 11 is 0. The lowest BCUT2D eigenvalue weighted by Gasteiger charge is -2.16. The summed E-state index contributed by atoms with van der Waals surface area (Å²) in [4.78, 5) is 8.42. The molecule has 0 amide bonds. The number of benzene rings is 2. The third kappa shape index (κ3) is 20.3. The molecule has 2 N–H and O–H groups in total. The van der Waals surface area contributed by atoms with E-state index in [1.807, 2.05) is 12.1 Å². The van der Waals surface area contributed by atoms with Crippen LogP contribution in [-0.4, -0.2) is 55.0 Å². The van der Waals surface area contributed by atoms with Crippen molar-refractivity contribution < 1.29 is 24.8 Å². The molecule has 0 saturated heterocycles. The number of unbranched alkanes of at least 4 members (excludes halogenated alkanes) is 18. The van der Waals surface area contributed by atoms with Gasteiger partial charge in [0.2, 0.25) is 0 Å². The van der Waals surface area contributed by atoms with Crippen molar-refractivity contribution in [2.45, 2.75) is 148 Å². The number of phenols is 2. The van der Waals surface area contributed by atoms with Crippen LogP contribution in [0.2, 0.25) is 0 Å². The molecule has 0 aliphatic carbocycles. The van der Waals surface area contributed by atoms with Crippen LogP contribution in [-0.2, 0) is 0 Å². The van der Waals surface area contributed by atoms with Crippen LogP contribution in [0.25, 0.3) is 0 Å². The minimum absolute atomic E-state index is 0.0332. The van der Waals surface area contributed by atoms with Gasteiger partial charge in [0.25, 0.3) is 0 Å². The van der Waals surface area contributed by atoms with Gasteiger partial charge in [-0.25, -0.2) is 0 Å². The first-order valence-corrected chi connectivity index (χ1v) is 19.1. The van der Waals surface area contributed by atoms with Gasteiger partial charge in [0.15, 0.2) is 0 Å². The molecular formula is C41H65N2O5-. The van der Waals surface area contributed by atoms with Crippen LogP contribution in [0, 0.1) is 0 Å². The smallest absolute Gasteiger partial charge is 0.128 e. The number of phenolic OH excluding ortho intramolecular Hbond substituents is 2. The van der Waals surface area contributed by atoms with E-state index in [-0.39, 0.29) is 24.6 Å². The summed E-state index contributed by atoms with van der Waals surface area (Å²) in [5.74, 6) is 1.42. The number of aliphatic imine (C=N–C) groups is 2. The average molecular weight is 666 g/mol. The standard InChI is InChI=1S/C41H65N2O5/c1-3-5-7-9-11-13-15-17-19-21-27-47-38-25-23-35(40(45)29-38)31-42-33-37(44)34-43-32-36-24-26-39(30-41(36)46)48-28-22-20-18-16-14-12-10-8-6-4-2/h23-26,29-32,37,45-46H,3-22,27-28,33-34H2,1-2H3/q-1. The van der Waals surface area contributed by atoms with E-state index in [0.29, 0.717) is 35.8 Å². The maximum absolute atomic E-state index is 12.4. The fourth-order valence-corrected chi connectivity index (χ4v) is 5.60. The van der Waals surface area contributed by atoms with E-state index >= 15 is 0 Å². The number of nitrogens with zero attached hydrogens (tertiary/aromatic N) is 2. The maximum atomic E-state index is 12.4. The molecule has 0 atom stereocenters. The Morgan fingerprint density at radius 2 is 0.875 bits per heavy atom. The fourth-order valence-electron chi connectivity index (χ4n) is 5.60. The van der Waals surface area contributed by atoms with Crippen molar-refractivity contribution in [1.29, 1.82) is 0 Å². The summed E-state index contributed by atoms with van der Waals surface area (Å²) in [6.07, 6.45) is 27.6. The molecule has 270 valence electrons. The zero-order valence-electron chi connectivity index (χ0n) is 30.2. The number of rotatable bonds is 30. The number of hydrogen-bond donors (Lipinski definition) is 2. The number of ether oxygens (including phenoxy) is 2. The molecule has 7 nitrogen and oxygen atoms in total. The summed E-state index contributed by atoms with van der Waals surface area (Å²) in [7, 11) is 0. The van der Waals surface area contributed by atoms with E-state index in [1.165, 1.54) is 115 Å². The normalized spacial score (nSPS) is 12.3. The van der Waals surface area contributed by atoms with Crippen molar-refractivity contribution in [2.24, 2.45) is 9.98 Å². The lowest BCUT2D eigenvalue weighted by atomic mass is 10.1. The first-order valence-electron chi connectivity index (χ1n) is 19.1. The molecule has 0 fully saturated rings. The fraction of sp³-hybridized carbons (Fsp3) is 0.659. The van der Waals surface area contributed by atoms with Gasteiger partial charge in [0, 0.05) is 48.8 Å². The highest BCUT2D eigenvalue weighted by atomic mass is 16.5. The van der Waals surface area contributed by atoms with Gasteiger partial charge in [-0.1, -0.05) is 136 Å². The van der Waals surface area contributed by atoms with Crippen LogP contribution in [0.1, 0.15) is 153 Å². The van der Waals surface area contributed by atoms with Crippen LogP contribution in [0.5, 0.6) is 23.0 Å². The molecule has 0 spiro atoms. The second-order valence-corrected chi connectivity index (χ2v) is 13.1. The zero-order chi connectivity index (χ0) is 34.5. The summed E-state index contributed by atoms with van der Waals surface area (Å²) in [6.45, 7) is 5.84. The van der Waals surface area contributed by atoms with E-state index in [0.717, 1.165) is 25.7 Å². The van der Waals surface area contributed by atoms with E-state index in [4.69, 9.17) is 9.47 Å². The van der Waals surface area contributed by atoms with Gasteiger partial charge in [0.1, 0.15) is 23.0 Å². The maximum Gasteiger partial charge on any atom is 0.128 e. The van der Waals surface area contributed by atoms with Crippen molar-refractivity contribution in [3.8, 4) is 23.0 Å². The molecule has 2 aromatic rings. The molecule has 0 heterocycles. The van der Waals surface area contributed by atoms with Gasteiger partial charge >= 0.3 is 0 Å². The predicted molar refractivity (Wildman–Crippen MR) is 200 cm³/mol. The molecule has 2 rings (SSSR count). The lowest BCUT2D eigenvalue weighted by Crippen LogP contribution is -2.31. The minimum atomic E-state index is -1.03. The largest absolute Gasteiger partial charge is 0.849 e. The second kappa shape index (κ2) is 27.8. The van der Waals surface area contributed by atoms with Crippen molar-refractivity contribution in [1.82, 2.24) is 0 Å². The van der Waals surface area contributed by atoms with Crippen LogP contribution in [0.3, 0.4) is 0 Å². The van der Waals surface area contributed by atoms with Crippen molar-refractivity contribution in [3.05, 3.63) is 47.5 Å². The molecule has 0 radical (unpaired) electrons. The Morgan fingerprint density at radius 3 is 1.21 bits per heavy atom. The monoisotopic (exact) mass is 665 g/mol. The van der Waals surface area contributed by atoms with Gasteiger partial charge in [-0.3, -0.25) is 9.98 Å². The Labute approximate surface area is 291 Å². The van der Waals surface area contributed by atoms with E-state index in [1.54, 1.807) is 24.3 Å². The highest BCUT2D eigenvalue weighted by Crippen LogP contribution is 2.24. The van der Waals surface area contributed by atoms with Crippen LogP contribution >= 0.6 is 0 Å². The van der Waals surface area contributed by atoms with Crippen molar-refractivity contribution in [2.75, 3.05) is 26.3 Å². The van der Waals surface area contributed by atoms with Gasteiger partial charge in [-0.2, -0.15) is 0 Å². The summed E-state index contributed by atoms with van der Waals surface area (Å²) in [5.41, 5.74) is 1.08. The van der Waals surface area contributed by atoms with E-state index in [2.05, 4.69) is 23.8 Å². The summed E-state index contributed by atoms with van der Waals surface area (Å²) in [5, 5.41) is 33.1. The molecule has 0 aliphatic heterocycles. The first kappa shape index (κ1) is 41.1. The Bertz CT molecular complexity index is 1050. The van der Waals surface area contributed by atoms with Crippen LogP contribution in [0.15, 0.2) is 46.4 Å². The van der Waals surface area contributed by atoms with E-state index in [9.17, 15) is 15.3 Å². The highest BCUT2D eigenvalue weighted by molar-refractivity contribution is 5.84. The third-order valence-electron chi connectivity index (χ3n) is 8.62. The SMILES string of the molecule is CCCCCCCCCCCCOc1ccc(C=NCC([O-])CN=Cc2ccc(OCCCCCCCCCCCC)cc2O)c(O)c1. The molecule has 0 aromatic heterocycles. The minimum Gasteiger partial charge on any atom is -0.849 e. The van der Waals surface area contributed by atoms with Gasteiger partial charge in [-0.05, 0) is 37.1 Å². The Kier molecular flexibility index (Phi) is 23.9. The number of aromatic hydroxyl groups is 2. The molecule has 48 heavy (non-hydrogen) atoms. The molecule has 2 aromatic carbocycles. The van der Waals surface area contributed by atoms with Gasteiger partial charge in [0.05, 0.1) is 13.2 Å². The molecule has 0 unspecified atom stereocenters. The van der Waals surface area contributed by atoms with Crippen LogP contribution < -0.4 is 14.6 Å². The molecule has 7 heteroatoms. The predicted octanol–water partition coefficient (Wildman–Crippen LogP) is 9.96. The van der Waals surface area contributed by atoms with E-state index < -0.39 is 6.10 Å². The average Bonchev–Trinajstić information content (AvgIpc) is 3.08. The second-order valence-electron chi connectivity index (χ2n) is 13.1. The summed E-state index contributed by atoms with van der Waals surface area (Å²) in [6, 6.07) is 10.3. The Hall–Kier alpha value is -3.06. The third-order valence-corrected chi connectivity index (χ3v) is 8.62. The van der Waals surface area contributed by atoms with Gasteiger partial charge in [-0.15, -0.1) is 0 Å². The summed E-state index contributed by atoms with van der Waals surface area (Å²) < 4.78 is 11.6. The van der Waals surface area contributed by atoms with Crippen LogP contribution in [0.4, 0.5) is 0 Å². The highest BCUT2D eigenvalue weighted by Gasteiger charge is 2.04. The Morgan fingerprint density at radius 1 is 0.542 bits per heavy atom. The Balaban J connectivity index is 1.57. The zero-order valence-corrected chi connectivity index (χ0v) is 30.2. The molecule has 0 bridgehead atoms.